The van der Waals surface area contributed by atoms with E-state index in [1.807, 2.05) is 66.0 Å². The summed E-state index contributed by atoms with van der Waals surface area (Å²) >= 11 is 0. The largest absolute Gasteiger partial charge is 0.386 e. The van der Waals surface area contributed by atoms with Crippen molar-refractivity contribution in [1.82, 2.24) is 9.55 Å². The number of nitrogens with zero attached hydrogens (tertiary/aromatic N) is 3. The molecule has 0 aliphatic carbocycles. The maximum atomic E-state index is 14.2. The zero-order valence-electron chi connectivity index (χ0n) is 16.5. The Kier molecular flexibility index (Phi) is 4.76. The van der Waals surface area contributed by atoms with Gasteiger partial charge in [0, 0.05) is 55.2 Å². The van der Waals surface area contributed by atoms with E-state index in [4.69, 9.17) is 4.98 Å². The molecule has 0 radical (unpaired) electrons. The van der Waals surface area contributed by atoms with Gasteiger partial charge < -0.3 is 14.8 Å². The molecule has 0 bridgehead atoms. The van der Waals surface area contributed by atoms with Crippen molar-refractivity contribution < 1.29 is 9.18 Å². The summed E-state index contributed by atoms with van der Waals surface area (Å²) in [6.07, 6.45) is 2.62. The number of hydrogen-bond acceptors (Lipinski definition) is 4. The Morgan fingerprint density at radius 1 is 1.10 bits per heavy atom. The van der Waals surface area contributed by atoms with Crippen molar-refractivity contribution in [3.63, 3.8) is 0 Å². The molecule has 0 aliphatic rings. The molecule has 0 amide bonds. The topological polar surface area (TPSA) is 50.2 Å². The van der Waals surface area contributed by atoms with Gasteiger partial charge in [0.05, 0.1) is 11.4 Å². The van der Waals surface area contributed by atoms with Gasteiger partial charge in [-0.15, -0.1) is 0 Å². The van der Waals surface area contributed by atoms with Crippen LogP contribution in [0.2, 0.25) is 0 Å². The van der Waals surface area contributed by atoms with Crippen molar-refractivity contribution in [1.29, 1.82) is 0 Å². The molecule has 146 valence electrons. The van der Waals surface area contributed by atoms with Gasteiger partial charge in [0.15, 0.2) is 6.29 Å². The van der Waals surface area contributed by atoms with Crippen LogP contribution >= 0.6 is 0 Å². The van der Waals surface area contributed by atoms with Gasteiger partial charge in [-0.2, -0.15) is 0 Å². The van der Waals surface area contributed by atoms with Gasteiger partial charge in [-0.25, -0.2) is 9.37 Å². The molecule has 1 N–H and O–H groups in total. The second-order valence-corrected chi connectivity index (χ2v) is 7.00. The van der Waals surface area contributed by atoms with E-state index < -0.39 is 0 Å². The molecule has 4 aromatic rings. The first kappa shape index (κ1) is 18.7. The van der Waals surface area contributed by atoms with E-state index in [-0.39, 0.29) is 5.82 Å². The second kappa shape index (κ2) is 7.39. The highest BCUT2D eigenvalue weighted by Crippen LogP contribution is 2.29. The van der Waals surface area contributed by atoms with Crippen LogP contribution in [0.1, 0.15) is 10.4 Å². The van der Waals surface area contributed by atoms with Crippen molar-refractivity contribution in [3.05, 3.63) is 72.2 Å². The van der Waals surface area contributed by atoms with E-state index in [0.29, 0.717) is 28.2 Å². The quantitative estimate of drug-likeness (QED) is 0.501. The number of fused-ring (bicyclic) bond motifs is 1. The molecule has 0 unspecified atom stereocenters. The summed E-state index contributed by atoms with van der Waals surface area (Å²) in [6, 6.07) is 16.6. The van der Waals surface area contributed by atoms with Crippen LogP contribution in [0.25, 0.3) is 28.0 Å². The lowest BCUT2D eigenvalue weighted by Crippen LogP contribution is -2.09. The number of nitrogens with one attached hydrogen (secondary N) is 1. The molecule has 0 spiro atoms. The zero-order valence-corrected chi connectivity index (χ0v) is 16.5. The van der Waals surface area contributed by atoms with Crippen molar-refractivity contribution in [2.45, 2.75) is 0 Å². The number of carbonyl (C=O) groups is 1. The van der Waals surface area contributed by atoms with Crippen LogP contribution in [0.3, 0.4) is 0 Å². The zero-order chi connectivity index (χ0) is 20.5. The summed E-state index contributed by atoms with van der Waals surface area (Å²) in [4.78, 5) is 18.4. The summed E-state index contributed by atoms with van der Waals surface area (Å²) < 4.78 is 16.1. The summed E-state index contributed by atoms with van der Waals surface area (Å²) in [5.41, 5.74) is 4.89. The molecule has 2 aromatic carbocycles. The van der Waals surface area contributed by atoms with E-state index in [1.165, 1.54) is 6.07 Å². The first-order chi connectivity index (χ1) is 14.0. The van der Waals surface area contributed by atoms with Crippen molar-refractivity contribution in [2.75, 3.05) is 31.4 Å². The fraction of sp³-hybridized carbons (Fsp3) is 0.130. The number of aldehydes is 1. The molecule has 29 heavy (non-hydrogen) atoms. The number of halogens is 1. The van der Waals surface area contributed by atoms with Gasteiger partial charge in [-0.05, 0) is 42.5 Å². The molecule has 5 nitrogen and oxygen atoms in total. The molecule has 6 heteroatoms. The van der Waals surface area contributed by atoms with Gasteiger partial charge in [-0.1, -0.05) is 12.1 Å². The summed E-state index contributed by atoms with van der Waals surface area (Å²) in [5.74, 6) is -0.338. The number of benzene rings is 2. The number of aromatic nitrogens is 2. The Morgan fingerprint density at radius 3 is 2.62 bits per heavy atom. The molecule has 0 aliphatic heterocycles. The Labute approximate surface area is 168 Å². The van der Waals surface area contributed by atoms with E-state index in [9.17, 15) is 9.18 Å². The lowest BCUT2D eigenvalue weighted by atomic mass is 10.1. The third-order valence-electron chi connectivity index (χ3n) is 4.97. The fourth-order valence-electron chi connectivity index (χ4n) is 3.38. The molecule has 2 heterocycles. The Hall–Kier alpha value is -3.67. The number of hydrogen-bond donors (Lipinski definition) is 1. The smallest absolute Gasteiger partial charge is 0.152 e. The molecular weight excluding hydrogens is 367 g/mol. The van der Waals surface area contributed by atoms with Gasteiger partial charge in [0.2, 0.25) is 0 Å². The van der Waals surface area contributed by atoms with Crippen molar-refractivity contribution >= 4 is 28.7 Å². The van der Waals surface area contributed by atoms with Gasteiger partial charge in [0.25, 0.3) is 0 Å². The third-order valence-corrected chi connectivity index (χ3v) is 4.97. The summed E-state index contributed by atoms with van der Waals surface area (Å²) in [5, 5.41) is 3.57. The van der Waals surface area contributed by atoms with Gasteiger partial charge >= 0.3 is 0 Å². The van der Waals surface area contributed by atoms with Crippen LogP contribution < -0.4 is 10.2 Å². The van der Waals surface area contributed by atoms with E-state index in [1.54, 1.807) is 19.3 Å². The lowest BCUT2D eigenvalue weighted by molar-refractivity contribution is 0.112. The highest BCUT2D eigenvalue weighted by Gasteiger charge is 2.14. The van der Waals surface area contributed by atoms with Gasteiger partial charge in [-0.3, -0.25) is 4.79 Å². The van der Waals surface area contributed by atoms with Gasteiger partial charge in [0.1, 0.15) is 11.5 Å². The minimum atomic E-state index is -0.338. The molecular formula is C23H21FN4O. The average molecular weight is 388 g/mol. The van der Waals surface area contributed by atoms with Crippen molar-refractivity contribution in [2.24, 2.45) is 0 Å². The normalized spacial score (nSPS) is 10.9. The third kappa shape index (κ3) is 3.33. The minimum Gasteiger partial charge on any atom is -0.386 e. The lowest BCUT2D eigenvalue weighted by Gasteiger charge is -2.14. The van der Waals surface area contributed by atoms with E-state index >= 15 is 0 Å². The van der Waals surface area contributed by atoms with E-state index in [2.05, 4.69) is 5.32 Å². The van der Waals surface area contributed by atoms with Crippen LogP contribution in [-0.2, 0) is 0 Å². The SMILES string of the molecule is CNc1ccc(-c2ccc3c(C=O)cn(-c4cccc(N(C)C)c4)c3n2)cc1F. The monoisotopic (exact) mass is 388 g/mol. The van der Waals surface area contributed by atoms with Crippen LogP contribution in [0.5, 0.6) is 0 Å². The minimum absolute atomic E-state index is 0.338. The summed E-state index contributed by atoms with van der Waals surface area (Å²) in [6.45, 7) is 0. The Balaban J connectivity index is 1.90. The molecule has 0 atom stereocenters. The number of carbonyl (C=O) groups excluding carboxylic acids is 1. The molecule has 2 aromatic heterocycles. The van der Waals surface area contributed by atoms with E-state index in [0.717, 1.165) is 23.0 Å². The molecule has 0 fully saturated rings. The first-order valence-electron chi connectivity index (χ1n) is 9.24. The Morgan fingerprint density at radius 2 is 1.93 bits per heavy atom. The maximum absolute atomic E-state index is 14.2. The molecule has 4 rings (SSSR count). The molecule has 0 saturated heterocycles. The highest BCUT2D eigenvalue weighted by molar-refractivity contribution is 5.97. The van der Waals surface area contributed by atoms with Crippen LogP contribution in [0, 0.1) is 5.82 Å². The Bertz CT molecular complexity index is 1210. The number of pyridine rings is 1. The number of anilines is 2. The second-order valence-electron chi connectivity index (χ2n) is 7.00. The standard InChI is InChI=1S/C23H21FN4O/c1-25-22-9-7-15(11-20(22)24)21-10-8-19-16(14-29)13-28(23(19)26-21)18-6-4-5-17(12-18)27(2)3/h4-14,25H,1-3H3. The predicted octanol–water partition coefficient (Wildman–Crippen LogP) is 4.75. The average Bonchev–Trinajstić information content (AvgIpc) is 3.11. The highest BCUT2D eigenvalue weighted by atomic mass is 19.1. The predicted molar refractivity (Wildman–Crippen MR) is 116 cm³/mol. The first-order valence-corrected chi connectivity index (χ1v) is 9.24. The maximum Gasteiger partial charge on any atom is 0.152 e. The molecule has 0 saturated carbocycles. The fourth-order valence-corrected chi connectivity index (χ4v) is 3.38. The van der Waals surface area contributed by atoms with Crippen molar-refractivity contribution in [3.8, 4) is 16.9 Å². The van der Waals surface area contributed by atoms with Crippen LogP contribution in [0.15, 0.2) is 60.8 Å². The van der Waals surface area contributed by atoms with Crippen LogP contribution in [0.4, 0.5) is 15.8 Å². The number of rotatable bonds is 5. The van der Waals surface area contributed by atoms with Crippen LogP contribution in [-0.4, -0.2) is 37.0 Å². The summed E-state index contributed by atoms with van der Waals surface area (Å²) in [7, 11) is 5.63.